The monoisotopic (exact) mass is 259 g/mol. The quantitative estimate of drug-likeness (QED) is 0.462. The van der Waals surface area contributed by atoms with Crippen LogP contribution in [0.5, 0.6) is 0 Å². The number of hydrogen-bond donors (Lipinski definition) is 4. The van der Waals surface area contributed by atoms with Gasteiger partial charge in [0.2, 0.25) is 0 Å². The van der Waals surface area contributed by atoms with Crippen LogP contribution in [0.3, 0.4) is 0 Å². The molecule has 6 nitrogen and oxygen atoms in total. The molecule has 0 bridgehead atoms. The molecular weight excluding hydrogens is 234 g/mol. The maximum absolute atomic E-state index is 11.3. The van der Waals surface area contributed by atoms with Crippen LogP contribution in [0.4, 0.5) is 4.79 Å². The molecule has 0 aromatic carbocycles. The van der Waals surface area contributed by atoms with Crippen LogP contribution in [0.1, 0.15) is 39.5 Å². The Morgan fingerprint density at radius 3 is 2.33 bits per heavy atom. The van der Waals surface area contributed by atoms with Gasteiger partial charge in [-0.25, -0.2) is 4.79 Å². The topological polar surface area (TPSA) is 104 Å². The van der Waals surface area contributed by atoms with Gasteiger partial charge in [-0.1, -0.05) is 13.8 Å². The smallest absolute Gasteiger partial charge is 0.314 e. The van der Waals surface area contributed by atoms with Gasteiger partial charge in [0.25, 0.3) is 0 Å². The van der Waals surface area contributed by atoms with Gasteiger partial charge in [-0.3, -0.25) is 4.79 Å². The molecule has 18 heavy (non-hydrogen) atoms. The summed E-state index contributed by atoms with van der Waals surface area (Å²) in [7, 11) is 0. The molecule has 6 heteroatoms. The van der Waals surface area contributed by atoms with Crippen molar-refractivity contribution in [2.24, 2.45) is 11.1 Å². The molecule has 0 unspecified atom stereocenters. The minimum absolute atomic E-state index is 0.0804. The van der Waals surface area contributed by atoms with E-state index in [2.05, 4.69) is 10.6 Å². The number of rotatable bonds is 9. The first-order chi connectivity index (χ1) is 8.37. The summed E-state index contributed by atoms with van der Waals surface area (Å²) in [6, 6.07) is -0.197. The number of aliphatic carboxylic acids is 1. The first kappa shape index (κ1) is 16.7. The van der Waals surface area contributed by atoms with Gasteiger partial charge >= 0.3 is 12.0 Å². The lowest BCUT2D eigenvalue weighted by Crippen LogP contribution is -2.38. The van der Waals surface area contributed by atoms with E-state index < -0.39 is 5.97 Å². The molecule has 0 atom stereocenters. The fourth-order valence-electron chi connectivity index (χ4n) is 1.45. The second kappa shape index (κ2) is 8.74. The van der Waals surface area contributed by atoms with E-state index >= 15 is 0 Å². The van der Waals surface area contributed by atoms with Crippen LogP contribution >= 0.6 is 0 Å². The van der Waals surface area contributed by atoms with E-state index in [-0.39, 0.29) is 17.9 Å². The highest BCUT2D eigenvalue weighted by molar-refractivity contribution is 5.73. The van der Waals surface area contributed by atoms with Crippen molar-refractivity contribution in [1.29, 1.82) is 0 Å². The van der Waals surface area contributed by atoms with E-state index in [1.807, 2.05) is 13.8 Å². The van der Waals surface area contributed by atoms with Crippen molar-refractivity contribution in [3.8, 4) is 0 Å². The largest absolute Gasteiger partial charge is 0.481 e. The molecule has 2 amide bonds. The molecule has 5 N–H and O–H groups in total. The average molecular weight is 259 g/mol. The predicted molar refractivity (Wildman–Crippen MR) is 70.3 cm³/mol. The molecule has 0 heterocycles. The van der Waals surface area contributed by atoms with Crippen LogP contribution in [0.15, 0.2) is 0 Å². The number of carbonyl (C=O) groups excluding carboxylic acids is 1. The number of carboxylic acids is 1. The van der Waals surface area contributed by atoms with Gasteiger partial charge in [0, 0.05) is 19.5 Å². The fraction of sp³-hybridized carbons (Fsp3) is 0.833. The zero-order chi connectivity index (χ0) is 14.0. The second-order valence-corrected chi connectivity index (χ2v) is 5.13. The van der Waals surface area contributed by atoms with E-state index in [0.717, 1.165) is 12.8 Å². The van der Waals surface area contributed by atoms with Gasteiger partial charge in [-0.15, -0.1) is 0 Å². The molecular formula is C12H25N3O3. The molecule has 0 aliphatic heterocycles. The van der Waals surface area contributed by atoms with Gasteiger partial charge in [0.15, 0.2) is 0 Å². The highest BCUT2D eigenvalue weighted by atomic mass is 16.4. The molecule has 0 rings (SSSR count). The number of hydrogen-bond acceptors (Lipinski definition) is 3. The van der Waals surface area contributed by atoms with Crippen LogP contribution in [0.25, 0.3) is 0 Å². The third-order valence-electron chi connectivity index (χ3n) is 2.77. The standard InChI is InChI=1S/C12H25N3O3/c1-12(2,5-4-10(16)17)6-9-15-11(18)14-8-3-7-13/h3-9,13H2,1-2H3,(H,16,17)(H2,14,15,18). The summed E-state index contributed by atoms with van der Waals surface area (Å²) in [5, 5.41) is 14.1. The summed E-state index contributed by atoms with van der Waals surface area (Å²) in [6.45, 7) is 5.68. The highest BCUT2D eigenvalue weighted by Crippen LogP contribution is 2.25. The molecule has 0 aliphatic rings. The maximum atomic E-state index is 11.3. The third kappa shape index (κ3) is 9.89. The van der Waals surface area contributed by atoms with Crippen molar-refractivity contribution < 1.29 is 14.7 Å². The summed E-state index contributed by atoms with van der Waals surface area (Å²) in [4.78, 5) is 21.8. The van der Waals surface area contributed by atoms with E-state index in [1.165, 1.54) is 0 Å². The molecule has 0 aromatic rings. The van der Waals surface area contributed by atoms with Gasteiger partial charge in [-0.05, 0) is 31.2 Å². The minimum atomic E-state index is -0.782. The summed E-state index contributed by atoms with van der Waals surface area (Å²) < 4.78 is 0. The Bertz CT molecular complexity index is 267. The first-order valence-electron chi connectivity index (χ1n) is 6.31. The fourth-order valence-corrected chi connectivity index (χ4v) is 1.45. The van der Waals surface area contributed by atoms with E-state index in [4.69, 9.17) is 10.8 Å². The van der Waals surface area contributed by atoms with Crippen molar-refractivity contribution in [2.75, 3.05) is 19.6 Å². The molecule has 106 valence electrons. The zero-order valence-corrected chi connectivity index (χ0v) is 11.3. The zero-order valence-electron chi connectivity index (χ0n) is 11.3. The van der Waals surface area contributed by atoms with Gasteiger partial charge < -0.3 is 21.5 Å². The van der Waals surface area contributed by atoms with Crippen LogP contribution in [0, 0.1) is 5.41 Å². The number of amides is 2. The third-order valence-corrected chi connectivity index (χ3v) is 2.77. The molecule has 0 aromatic heterocycles. The Balaban J connectivity index is 3.68. The van der Waals surface area contributed by atoms with Gasteiger partial charge in [0.05, 0.1) is 0 Å². The lowest BCUT2D eigenvalue weighted by Gasteiger charge is -2.23. The van der Waals surface area contributed by atoms with Crippen LogP contribution < -0.4 is 16.4 Å². The summed E-state index contributed by atoms with van der Waals surface area (Å²) in [5.41, 5.74) is 5.23. The van der Waals surface area contributed by atoms with Crippen LogP contribution in [-0.4, -0.2) is 36.7 Å². The van der Waals surface area contributed by atoms with Gasteiger partial charge in [0.1, 0.15) is 0 Å². The predicted octanol–water partition coefficient (Wildman–Crippen LogP) is 0.916. The lowest BCUT2D eigenvalue weighted by atomic mass is 9.84. The molecule has 0 spiro atoms. The van der Waals surface area contributed by atoms with Crippen LogP contribution in [0.2, 0.25) is 0 Å². The van der Waals surface area contributed by atoms with Crippen molar-refractivity contribution in [3.63, 3.8) is 0 Å². The van der Waals surface area contributed by atoms with E-state index in [0.29, 0.717) is 26.1 Å². The second-order valence-electron chi connectivity index (χ2n) is 5.13. The summed E-state index contributed by atoms with van der Waals surface area (Å²) >= 11 is 0. The van der Waals surface area contributed by atoms with E-state index in [1.54, 1.807) is 0 Å². The van der Waals surface area contributed by atoms with Crippen molar-refractivity contribution in [2.45, 2.75) is 39.5 Å². The number of carbonyl (C=O) groups is 2. The Hall–Kier alpha value is -1.30. The molecule has 0 aliphatic carbocycles. The van der Waals surface area contributed by atoms with Crippen molar-refractivity contribution >= 4 is 12.0 Å². The first-order valence-corrected chi connectivity index (χ1v) is 6.31. The number of nitrogens with one attached hydrogen (secondary N) is 2. The molecule has 0 saturated heterocycles. The Morgan fingerprint density at radius 2 is 1.78 bits per heavy atom. The maximum Gasteiger partial charge on any atom is 0.314 e. The van der Waals surface area contributed by atoms with Crippen LogP contribution in [-0.2, 0) is 4.79 Å². The molecule has 0 fully saturated rings. The highest BCUT2D eigenvalue weighted by Gasteiger charge is 2.19. The Labute approximate surface area is 108 Å². The number of urea groups is 1. The average Bonchev–Trinajstić information content (AvgIpc) is 2.27. The Kier molecular flexibility index (Phi) is 8.11. The normalized spacial score (nSPS) is 11.1. The summed E-state index contributed by atoms with van der Waals surface area (Å²) in [5.74, 6) is -0.782. The summed E-state index contributed by atoms with van der Waals surface area (Å²) in [6.07, 6.45) is 2.29. The molecule has 0 saturated carbocycles. The minimum Gasteiger partial charge on any atom is -0.481 e. The number of nitrogens with two attached hydrogens (primary N) is 1. The van der Waals surface area contributed by atoms with E-state index in [9.17, 15) is 9.59 Å². The SMILES string of the molecule is CC(C)(CCNC(=O)NCCCN)CCC(=O)O. The van der Waals surface area contributed by atoms with Crippen molar-refractivity contribution in [3.05, 3.63) is 0 Å². The van der Waals surface area contributed by atoms with Gasteiger partial charge in [-0.2, -0.15) is 0 Å². The van der Waals surface area contributed by atoms with Crippen molar-refractivity contribution in [1.82, 2.24) is 10.6 Å². The lowest BCUT2D eigenvalue weighted by molar-refractivity contribution is -0.137. The number of carboxylic acid groups (broad SMARTS) is 1. The molecule has 0 radical (unpaired) electrons. The Morgan fingerprint density at radius 1 is 1.17 bits per heavy atom.